The van der Waals surface area contributed by atoms with Crippen LogP contribution in [0.3, 0.4) is 0 Å². The Balaban J connectivity index is 1.08. The molecule has 10 atom stereocenters. The molecule has 1 aliphatic heterocycles. The van der Waals surface area contributed by atoms with Gasteiger partial charge in [-0.1, -0.05) is 31.4 Å². The van der Waals surface area contributed by atoms with Gasteiger partial charge >= 0.3 is 66.3 Å². The second kappa shape index (κ2) is 50.8. The topological polar surface area (TPSA) is 608 Å². The fourth-order valence-corrected chi connectivity index (χ4v) is 16.6. The number of rotatable bonds is 65. The summed E-state index contributed by atoms with van der Waals surface area (Å²) in [4.78, 5) is 107. The van der Waals surface area contributed by atoms with Gasteiger partial charge in [-0.15, -0.1) is 5.10 Å². The summed E-state index contributed by atoms with van der Waals surface area (Å²) in [6.07, 6.45) is 4.14. The molecule has 13 N–H and O–H groups in total. The van der Waals surface area contributed by atoms with Crippen molar-refractivity contribution in [1.29, 1.82) is 0 Å². The summed E-state index contributed by atoms with van der Waals surface area (Å²) < 4.78 is 181. The van der Waals surface area contributed by atoms with Gasteiger partial charge in [-0.2, -0.15) is 21.6 Å². The van der Waals surface area contributed by atoms with Crippen molar-refractivity contribution < 1.29 is 172 Å². The van der Waals surface area contributed by atoms with Gasteiger partial charge in [0.15, 0.2) is 6.23 Å². The zero-order valence-corrected chi connectivity index (χ0v) is 62.7. The minimum Gasteiger partial charge on any atom is -0.390 e. The van der Waals surface area contributed by atoms with Crippen LogP contribution in [-0.2, 0) is 142 Å². The second-order valence-corrected chi connectivity index (χ2v) is 32.2. The lowest BCUT2D eigenvalue weighted by Gasteiger charge is -2.21. The molecule has 45 nitrogen and oxygen atoms in total. The maximum Gasteiger partial charge on any atom is 0.490 e. The SMILES string of the molecule is CCCCOCCOCCOCCOCCOCCOP(=O)(O)OCCCCc1cn(CCOCCOCCC(=O)NCCOCCOCCC(=O)NCCCCCCOP(=O)(O)OP(=O)(O)OP(=O)(O)OP(=O)(O)OP(=O)(O)OP(=O)(O)OC[C@H]2O[C@@H]([n+]3cc(C)c(=O)[nH]c3N)CC2O)nn1. The van der Waals surface area contributed by atoms with Crippen molar-refractivity contribution in [2.24, 2.45) is 0 Å². The Morgan fingerprint density at radius 1 is 0.549 bits per heavy atom. The Hall–Kier alpha value is -2.71. The van der Waals surface area contributed by atoms with E-state index in [1.807, 2.05) is 0 Å². The third-order valence-corrected chi connectivity index (χ3v) is 23.1. The molecule has 2 aromatic heterocycles. The molecule has 102 heavy (non-hydrogen) atoms. The molecule has 0 spiro atoms. The third kappa shape index (κ3) is 46.5. The highest BCUT2D eigenvalue weighted by Gasteiger charge is 2.50. The summed E-state index contributed by atoms with van der Waals surface area (Å²) in [5.41, 5.74) is 6.18. The van der Waals surface area contributed by atoms with Crippen LogP contribution in [0.25, 0.3) is 0 Å². The molecule has 0 bridgehead atoms. The first kappa shape index (κ1) is 93.5. The van der Waals surface area contributed by atoms with Gasteiger partial charge in [-0.05, 0) is 45.4 Å². The number of aromatic amines is 1. The molecule has 1 saturated heterocycles. The number of nitrogens with zero attached hydrogens (tertiary/aromatic N) is 4. The van der Waals surface area contributed by atoms with E-state index in [1.165, 1.54) is 17.7 Å². The molecule has 8 unspecified atom stereocenters. The van der Waals surface area contributed by atoms with Crippen LogP contribution < -0.4 is 26.5 Å². The Morgan fingerprint density at radius 3 is 1.52 bits per heavy atom. The highest BCUT2D eigenvalue weighted by Crippen LogP contribution is 2.75. The largest absolute Gasteiger partial charge is 0.490 e. The molecule has 594 valence electrons. The van der Waals surface area contributed by atoms with Crippen LogP contribution in [0, 0.1) is 6.92 Å². The van der Waals surface area contributed by atoms with Crippen molar-refractivity contribution in [3.8, 4) is 0 Å². The van der Waals surface area contributed by atoms with E-state index < -0.39 is 92.0 Å². The number of nitrogens with one attached hydrogen (secondary N) is 3. The fourth-order valence-electron chi connectivity index (χ4n) is 8.00. The van der Waals surface area contributed by atoms with Gasteiger partial charge in [-0.3, -0.25) is 38.2 Å². The van der Waals surface area contributed by atoms with Gasteiger partial charge < -0.3 is 97.4 Å². The Kier molecular flexibility index (Phi) is 46.6. The number of amides is 2. The first-order valence-electron chi connectivity index (χ1n) is 32.0. The number of H-pyrrole nitrogens is 1. The summed E-state index contributed by atoms with van der Waals surface area (Å²) in [5.74, 6) is -0.744. The molecule has 52 heteroatoms. The van der Waals surface area contributed by atoms with E-state index in [-0.39, 0.29) is 128 Å². The number of aryl methyl sites for hydroxylation is 2. The zero-order chi connectivity index (χ0) is 75.4. The first-order chi connectivity index (χ1) is 48.2. The summed E-state index contributed by atoms with van der Waals surface area (Å²) in [6, 6.07) is 0. The van der Waals surface area contributed by atoms with E-state index >= 15 is 0 Å². The number of anilines is 1. The van der Waals surface area contributed by atoms with Crippen LogP contribution in [-0.4, -0.2) is 242 Å². The number of ether oxygens (including phenoxy) is 10. The van der Waals surface area contributed by atoms with Crippen LogP contribution in [0.4, 0.5) is 5.95 Å². The number of nitrogens with two attached hydrogens (primary N) is 1. The molecule has 2 amide bonds. The quantitative estimate of drug-likeness (QED) is 0.0256. The first-order valence-corrected chi connectivity index (χ1v) is 42.5. The average molecular weight is 1620 g/mol. The minimum absolute atomic E-state index is 0.0152. The Labute approximate surface area is 587 Å². The van der Waals surface area contributed by atoms with Gasteiger partial charge in [0.2, 0.25) is 11.8 Å². The summed E-state index contributed by atoms with van der Waals surface area (Å²) in [7, 11) is -41.3. The molecular formula is C50H98N8O37P7+. The van der Waals surface area contributed by atoms with E-state index in [9.17, 15) is 85.7 Å². The second-order valence-electron chi connectivity index (χ2n) is 21.4. The highest BCUT2D eigenvalue weighted by atomic mass is 31.3. The van der Waals surface area contributed by atoms with Crippen LogP contribution in [0.2, 0.25) is 0 Å². The number of unbranched alkanes of at least 4 members (excludes halogenated alkanes) is 5. The van der Waals surface area contributed by atoms with Gasteiger partial charge in [0.25, 0.3) is 0 Å². The Bertz CT molecular complexity index is 3130. The standard InChI is InChI=1S/C50H97N8O37P7/c1-3-4-17-77-24-29-82-30-31-83-32-33-84-34-35-85-36-37-88-96(63,64)86-19-10-7-11-43-40-57(56-55-43)16-23-81-28-26-79-21-13-47(61)53-15-22-80-27-25-78-20-12-46(60)52-14-8-5-6-9-18-87-97(65,66)91-99(69,70)93-101(73,74)95-102(75,76)94-100(71,72)92-98(67,68)89-41-45-44(59)38-48(90-45)58-39-42(2)49(62)54-50(58)51/h39-40,44-45,48,59H,3-38,41H2,1-2H3,(H11,51,52,53,54,60,61,62,63,64,65,66,67,68,69,70,71,72,73,74,75,76)/p+1/t44?,45-,48-/m1/s1. The van der Waals surface area contributed by atoms with Crippen molar-refractivity contribution in [3.05, 3.63) is 34.0 Å². The van der Waals surface area contributed by atoms with Gasteiger partial charge in [0.05, 0.1) is 169 Å². The van der Waals surface area contributed by atoms with Crippen LogP contribution >= 0.6 is 54.8 Å². The van der Waals surface area contributed by atoms with E-state index in [2.05, 4.69) is 63.5 Å². The molecule has 2 aromatic rings. The number of phosphoric ester groups is 3. The van der Waals surface area contributed by atoms with Crippen LogP contribution in [0.5, 0.6) is 0 Å². The summed E-state index contributed by atoms with van der Waals surface area (Å²) >= 11 is 0. The van der Waals surface area contributed by atoms with Gasteiger partial charge in [0, 0.05) is 45.2 Å². The van der Waals surface area contributed by atoms with Crippen LogP contribution in [0.15, 0.2) is 17.2 Å². The zero-order valence-electron chi connectivity index (χ0n) is 56.5. The predicted molar refractivity (Wildman–Crippen MR) is 348 cm³/mol. The average Bonchev–Trinajstić information content (AvgIpc) is 1.43. The molecule has 0 aromatic carbocycles. The minimum atomic E-state index is -6.51. The highest BCUT2D eigenvalue weighted by molar-refractivity contribution is 7.72. The maximum absolute atomic E-state index is 12.4. The van der Waals surface area contributed by atoms with Crippen LogP contribution in [0.1, 0.15) is 95.0 Å². The van der Waals surface area contributed by atoms with E-state index in [0.29, 0.717) is 105 Å². The molecule has 0 saturated carbocycles. The van der Waals surface area contributed by atoms with Gasteiger partial charge in [0.1, 0.15) is 6.10 Å². The normalized spacial score (nSPS) is 19.1. The number of carbonyl (C=O) groups is 2. The van der Waals surface area contributed by atoms with E-state index in [4.69, 9.17) is 62.1 Å². The molecule has 1 aliphatic rings. The number of hydrogen-bond donors (Lipinski definition) is 12. The predicted octanol–water partition coefficient (Wildman–Crippen LogP) is 2.19. The smallest absolute Gasteiger partial charge is 0.390 e. The number of nitrogen functional groups attached to an aromatic ring is 1. The third-order valence-electron chi connectivity index (χ3n) is 12.8. The van der Waals surface area contributed by atoms with Crippen molar-refractivity contribution in [2.45, 2.75) is 116 Å². The molecular weight excluding hydrogens is 1520 g/mol. The number of hydrogen-bond acceptors (Lipinski definition) is 33. The van der Waals surface area contributed by atoms with Crippen molar-refractivity contribution in [3.63, 3.8) is 0 Å². The number of carbonyl (C=O) groups excluding carboxylic acids is 2. The summed E-state index contributed by atoms with van der Waals surface area (Å²) in [5, 5.41) is 23.9. The lowest BCUT2D eigenvalue weighted by atomic mass is 10.2. The number of aromatic nitrogens is 5. The molecule has 0 radical (unpaired) electrons. The number of aliphatic hydroxyl groups excluding tert-OH is 1. The van der Waals surface area contributed by atoms with Crippen molar-refractivity contribution in [2.75, 3.05) is 164 Å². The monoisotopic (exact) mass is 1620 g/mol. The van der Waals surface area contributed by atoms with Crippen molar-refractivity contribution >= 4 is 72.5 Å². The number of phosphoric acid groups is 7. The lowest BCUT2D eigenvalue weighted by Crippen LogP contribution is -2.45. The Morgan fingerprint density at radius 2 is 0.980 bits per heavy atom. The van der Waals surface area contributed by atoms with E-state index in [0.717, 1.165) is 25.1 Å². The molecule has 0 aliphatic carbocycles. The van der Waals surface area contributed by atoms with Crippen molar-refractivity contribution in [1.82, 2.24) is 30.6 Å². The molecule has 1 fully saturated rings. The number of aliphatic hydroxyl groups is 1. The molecule has 3 heterocycles. The van der Waals surface area contributed by atoms with E-state index in [1.54, 1.807) is 10.9 Å². The summed E-state index contributed by atoms with van der Waals surface area (Å²) in [6.45, 7) is 8.83. The fraction of sp³-hybridized carbons (Fsp3) is 0.840. The maximum atomic E-state index is 12.4. The van der Waals surface area contributed by atoms with Gasteiger partial charge in [-0.25, -0.2) is 46.2 Å². The lowest BCUT2D eigenvalue weighted by molar-refractivity contribution is -0.749. The molecule has 3 rings (SSSR count).